The second-order valence-corrected chi connectivity index (χ2v) is 7.12. The number of methoxy groups -OCH3 is 1. The van der Waals surface area contributed by atoms with Crippen LogP contribution < -0.4 is 10.1 Å². The van der Waals surface area contributed by atoms with Gasteiger partial charge in [-0.15, -0.1) is 6.42 Å². The lowest BCUT2D eigenvalue weighted by Crippen LogP contribution is -2.28. The monoisotopic (exact) mass is 308 g/mol. The molecule has 1 fully saturated rings. The van der Waals surface area contributed by atoms with E-state index >= 15 is 0 Å². The van der Waals surface area contributed by atoms with Crippen molar-refractivity contribution in [3.05, 3.63) is 23.8 Å². The number of sulfonamides is 1. The number of terminal acetylenes is 1. The van der Waals surface area contributed by atoms with Crippen molar-refractivity contribution in [1.29, 1.82) is 0 Å². The van der Waals surface area contributed by atoms with Crippen molar-refractivity contribution >= 4 is 10.0 Å². The lowest BCUT2D eigenvalue weighted by Gasteiger charge is -2.17. The van der Waals surface area contributed by atoms with E-state index in [4.69, 9.17) is 11.2 Å². The van der Waals surface area contributed by atoms with Gasteiger partial charge in [0.15, 0.2) is 0 Å². The van der Waals surface area contributed by atoms with Crippen LogP contribution in [-0.2, 0) is 16.6 Å². The molecule has 1 aliphatic rings. The Hall–Kier alpha value is -1.55. The average Bonchev–Trinajstić information content (AvgIpc) is 3.29. The first-order chi connectivity index (χ1) is 9.98. The van der Waals surface area contributed by atoms with E-state index in [1.807, 2.05) is 6.07 Å². The Morgan fingerprint density at radius 3 is 2.76 bits per heavy atom. The number of hydrogen-bond donors (Lipinski definition) is 1. The van der Waals surface area contributed by atoms with Gasteiger partial charge >= 0.3 is 0 Å². The highest BCUT2D eigenvalue weighted by Gasteiger charge is 2.25. The molecule has 1 aromatic rings. The zero-order valence-electron chi connectivity index (χ0n) is 12.3. The molecule has 114 valence electrons. The Kier molecular flexibility index (Phi) is 4.88. The van der Waals surface area contributed by atoms with Crippen molar-refractivity contribution in [2.75, 3.05) is 20.7 Å². The molecule has 5 nitrogen and oxygen atoms in total. The number of benzene rings is 1. The molecule has 0 saturated heterocycles. The molecule has 0 spiro atoms. The van der Waals surface area contributed by atoms with Crippen LogP contribution in [-0.4, -0.2) is 39.5 Å². The normalized spacial score (nSPS) is 15.0. The first kappa shape index (κ1) is 15.8. The SMILES string of the molecule is C#CCN(C)S(=O)(=O)c1cc(CNC2CC2)ccc1OC. The van der Waals surface area contributed by atoms with E-state index in [0.717, 1.165) is 9.87 Å². The van der Waals surface area contributed by atoms with Gasteiger partial charge in [0.25, 0.3) is 0 Å². The van der Waals surface area contributed by atoms with Gasteiger partial charge in [0.05, 0.1) is 13.7 Å². The topological polar surface area (TPSA) is 58.6 Å². The number of nitrogens with one attached hydrogen (secondary N) is 1. The van der Waals surface area contributed by atoms with Crippen LogP contribution in [0.15, 0.2) is 23.1 Å². The maximum absolute atomic E-state index is 12.5. The lowest BCUT2D eigenvalue weighted by molar-refractivity contribution is 0.399. The predicted molar refractivity (Wildman–Crippen MR) is 81.5 cm³/mol. The molecule has 0 aliphatic heterocycles. The van der Waals surface area contributed by atoms with Crippen molar-refractivity contribution in [2.24, 2.45) is 0 Å². The van der Waals surface area contributed by atoms with E-state index < -0.39 is 10.0 Å². The van der Waals surface area contributed by atoms with Gasteiger partial charge in [-0.3, -0.25) is 0 Å². The summed E-state index contributed by atoms with van der Waals surface area (Å²) in [5, 5.41) is 3.36. The molecule has 0 radical (unpaired) electrons. The van der Waals surface area contributed by atoms with Crippen molar-refractivity contribution in [3.63, 3.8) is 0 Å². The molecule has 0 atom stereocenters. The Balaban J connectivity index is 2.30. The van der Waals surface area contributed by atoms with E-state index in [-0.39, 0.29) is 11.4 Å². The van der Waals surface area contributed by atoms with Gasteiger partial charge in [-0.25, -0.2) is 8.42 Å². The van der Waals surface area contributed by atoms with Gasteiger partial charge in [0.2, 0.25) is 10.0 Å². The highest BCUT2D eigenvalue weighted by molar-refractivity contribution is 7.89. The van der Waals surface area contributed by atoms with E-state index in [1.165, 1.54) is 27.0 Å². The maximum atomic E-state index is 12.5. The van der Waals surface area contributed by atoms with Crippen LogP contribution in [0.2, 0.25) is 0 Å². The van der Waals surface area contributed by atoms with Crippen molar-refractivity contribution in [2.45, 2.75) is 30.3 Å². The summed E-state index contributed by atoms with van der Waals surface area (Å²) < 4.78 is 31.4. The number of ether oxygens (including phenoxy) is 1. The zero-order chi connectivity index (χ0) is 15.5. The zero-order valence-corrected chi connectivity index (χ0v) is 13.1. The van der Waals surface area contributed by atoms with E-state index in [1.54, 1.807) is 12.1 Å². The van der Waals surface area contributed by atoms with Crippen LogP contribution in [0, 0.1) is 12.3 Å². The maximum Gasteiger partial charge on any atom is 0.247 e. The van der Waals surface area contributed by atoms with Crippen LogP contribution in [0.25, 0.3) is 0 Å². The first-order valence-corrected chi connectivity index (χ1v) is 8.23. The standard InChI is InChI=1S/C15H20N2O3S/c1-4-9-17(2)21(18,19)15-10-12(5-8-14(15)20-3)11-16-13-6-7-13/h1,5,8,10,13,16H,6-7,9,11H2,2-3H3. The van der Waals surface area contributed by atoms with Gasteiger partial charge in [0.1, 0.15) is 10.6 Å². The van der Waals surface area contributed by atoms with Crippen molar-refractivity contribution < 1.29 is 13.2 Å². The van der Waals surface area contributed by atoms with Crippen LogP contribution >= 0.6 is 0 Å². The smallest absolute Gasteiger partial charge is 0.247 e. The van der Waals surface area contributed by atoms with Crippen LogP contribution in [0.4, 0.5) is 0 Å². The average molecular weight is 308 g/mol. The number of rotatable bonds is 7. The van der Waals surface area contributed by atoms with E-state index in [2.05, 4.69) is 11.2 Å². The van der Waals surface area contributed by atoms with Crippen LogP contribution in [0.1, 0.15) is 18.4 Å². The summed E-state index contributed by atoms with van der Waals surface area (Å²) in [6.45, 7) is 0.673. The third-order valence-corrected chi connectivity index (χ3v) is 5.23. The molecule has 1 aliphatic carbocycles. The second-order valence-electron chi connectivity index (χ2n) is 5.11. The fraction of sp³-hybridized carbons (Fsp3) is 0.467. The molecular weight excluding hydrogens is 288 g/mol. The third-order valence-electron chi connectivity index (χ3n) is 3.40. The quantitative estimate of drug-likeness (QED) is 0.769. The number of nitrogens with zero attached hydrogens (tertiary/aromatic N) is 1. The molecule has 2 rings (SSSR count). The molecule has 0 aromatic heterocycles. The summed E-state index contributed by atoms with van der Waals surface area (Å²) >= 11 is 0. The summed E-state index contributed by atoms with van der Waals surface area (Å²) in [4.78, 5) is 0.151. The number of hydrogen-bond acceptors (Lipinski definition) is 4. The highest BCUT2D eigenvalue weighted by atomic mass is 32.2. The third kappa shape index (κ3) is 3.76. The van der Waals surface area contributed by atoms with Crippen molar-refractivity contribution in [1.82, 2.24) is 9.62 Å². The van der Waals surface area contributed by atoms with E-state index in [0.29, 0.717) is 18.3 Å². The molecular formula is C15H20N2O3S. The van der Waals surface area contributed by atoms with Gasteiger partial charge in [-0.1, -0.05) is 12.0 Å². The minimum absolute atomic E-state index is 0.0238. The Bertz CT molecular complexity index is 645. The summed E-state index contributed by atoms with van der Waals surface area (Å²) in [6.07, 6.45) is 7.57. The molecule has 0 bridgehead atoms. The molecule has 21 heavy (non-hydrogen) atoms. The second kappa shape index (κ2) is 6.48. The fourth-order valence-electron chi connectivity index (χ4n) is 1.96. The van der Waals surface area contributed by atoms with E-state index in [9.17, 15) is 8.42 Å². The fourth-order valence-corrected chi connectivity index (χ4v) is 3.25. The Morgan fingerprint density at radius 2 is 2.19 bits per heavy atom. The molecule has 0 heterocycles. The molecule has 6 heteroatoms. The van der Waals surface area contributed by atoms with Crippen molar-refractivity contribution in [3.8, 4) is 18.1 Å². The molecule has 0 unspecified atom stereocenters. The summed E-state index contributed by atoms with van der Waals surface area (Å²) in [5.74, 6) is 2.67. The summed E-state index contributed by atoms with van der Waals surface area (Å²) in [7, 11) is -0.733. The minimum atomic E-state index is -3.65. The minimum Gasteiger partial charge on any atom is -0.495 e. The lowest BCUT2D eigenvalue weighted by atomic mass is 10.2. The molecule has 1 aromatic carbocycles. The van der Waals surface area contributed by atoms with Gasteiger partial charge in [-0.2, -0.15) is 4.31 Å². The summed E-state index contributed by atoms with van der Waals surface area (Å²) in [6, 6.07) is 5.77. The largest absolute Gasteiger partial charge is 0.495 e. The van der Waals surface area contributed by atoms with Crippen LogP contribution in [0.3, 0.4) is 0 Å². The predicted octanol–water partition coefficient (Wildman–Crippen LogP) is 1.20. The van der Waals surface area contributed by atoms with Crippen LogP contribution in [0.5, 0.6) is 5.75 Å². The molecule has 1 N–H and O–H groups in total. The van der Waals surface area contributed by atoms with Gasteiger partial charge in [-0.05, 0) is 30.5 Å². The Labute approximate surface area is 126 Å². The first-order valence-electron chi connectivity index (χ1n) is 6.79. The Morgan fingerprint density at radius 1 is 1.48 bits per heavy atom. The molecule has 0 amide bonds. The highest BCUT2D eigenvalue weighted by Crippen LogP contribution is 2.28. The molecule has 1 saturated carbocycles. The summed E-state index contributed by atoms with van der Waals surface area (Å²) in [5.41, 5.74) is 0.912. The van der Waals surface area contributed by atoms with Gasteiger partial charge in [0, 0.05) is 19.6 Å². The van der Waals surface area contributed by atoms with Gasteiger partial charge < -0.3 is 10.1 Å².